The van der Waals surface area contributed by atoms with Crippen molar-refractivity contribution >= 4 is 29.1 Å². The van der Waals surface area contributed by atoms with Gasteiger partial charge in [-0.2, -0.15) is 0 Å². The predicted molar refractivity (Wildman–Crippen MR) is 108 cm³/mol. The molecule has 1 unspecified atom stereocenters. The number of hydrogen-bond acceptors (Lipinski definition) is 3. The van der Waals surface area contributed by atoms with Crippen molar-refractivity contribution in [2.75, 3.05) is 5.32 Å². The monoisotopic (exact) mass is 388 g/mol. The first kappa shape index (κ1) is 20.8. The van der Waals surface area contributed by atoms with Crippen molar-refractivity contribution in [1.82, 2.24) is 5.32 Å². The second kappa shape index (κ2) is 9.42. The van der Waals surface area contributed by atoms with Crippen molar-refractivity contribution in [3.05, 3.63) is 58.6 Å². The predicted octanol–water partition coefficient (Wildman–Crippen LogP) is 4.12. The molecule has 0 radical (unpaired) electrons. The zero-order chi connectivity index (χ0) is 20.0. The lowest BCUT2D eigenvalue weighted by atomic mass is 10.1. The van der Waals surface area contributed by atoms with Crippen molar-refractivity contribution in [2.24, 2.45) is 0 Å². The Morgan fingerprint density at radius 2 is 1.74 bits per heavy atom. The molecule has 0 spiro atoms. The average molecular weight is 389 g/mol. The molecule has 2 aromatic rings. The van der Waals surface area contributed by atoms with Crippen LogP contribution in [0.1, 0.15) is 31.9 Å². The van der Waals surface area contributed by atoms with E-state index in [1.54, 1.807) is 37.3 Å². The van der Waals surface area contributed by atoms with E-state index in [1.807, 2.05) is 32.9 Å². The van der Waals surface area contributed by atoms with Gasteiger partial charge in [0.1, 0.15) is 5.75 Å². The van der Waals surface area contributed by atoms with Crippen molar-refractivity contribution in [3.8, 4) is 5.75 Å². The van der Waals surface area contributed by atoms with Crippen LogP contribution in [0.5, 0.6) is 5.75 Å². The standard InChI is InChI=1S/C21H25ClN2O3/c1-13(2)23-20(25)12-16-5-7-17(8-6-16)24-21(26)15(4)27-18-9-10-19(22)14(3)11-18/h5-11,13,15H,12H2,1-4H3,(H,23,25)(H,24,26). The Morgan fingerprint density at radius 1 is 1.07 bits per heavy atom. The van der Waals surface area contributed by atoms with Gasteiger partial charge in [0.15, 0.2) is 6.10 Å². The number of amides is 2. The second-order valence-corrected chi connectivity index (χ2v) is 7.16. The lowest BCUT2D eigenvalue weighted by Gasteiger charge is -2.15. The third-order valence-corrected chi connectivity index (χ3v) is 4.27. The fourth-order valence-electron chi connectivity index (χ4n) is 2.46. The van der Waals surface area contributed by atoms with Gasteiger partial charge in [-0.05, 0) is 69.2 Å². The van der Waals surface area contributed by atoms with E-state index in [1.165, 1.54) is 0 Å². The molecule has 0 heterocycles. The lowest BCUT2D eigenvalue weighted by Crippen LogP contribution is -2.31. The van der Waals surface area contributed by atoms with E-state index in [2.05, 4.69) is 10.6 Å². The topological polar surface area (TPSA) is 67.4 Å². The van der Waals surface area contributed by atoms with Crippen LogP contribution >= 0.6 is 11.6 Å². The summed E-state index contributed by atoms with van der Waals surface area (Å²) in [4.78, 5) is 24.1. The summed E-state index contributed by atoms with van der Waals surface area (Å²) in [7, 11) is 0. The van der Waals surface area contributed by atoms with E-state index >= 15 is 0 Å². The van der Waals surface area contributed by atoms with Crippen LogP contribution in [0.3, 0.4) is 0 Å². The molecule has 1 atom stereocenters. The molecule has 0 aliphatic rings. The molecule has 0 aliphatic heterocycles. The third-order valence-electron chi connectivity index (χ3n) is 3.85. The Bertz CT molecular complexity index is 804. The van der Waals surface area contributed by atoms with Crippen LogP contribution in [0.2, 0.25) is 5.02 Å². The molecule has 144 valence electrons. The third kappa shape index (κ3) is 6.61. The molecule has 2 aromatic carbocycles. The van der Waals surface area contributed by atoms with Crippen molar-refractivity contribution in [1.29, 1.82) is 0 Å². The van der Waals surface area contributed by atoms with Gasteiger partial charge in [0.05, 0.1) is 6.42 Å². The molecular weight excluding hydrogens is 364 g/mol. The normalized spacial score (nSPS) is 11.8. The zero-order valence-electron chi connectivity index (χ0n) is 16.0. The Balaban J connectivity index is 1.90. The first-order valence-electron chi connectivity index (χ1n) is 8.86. The van der Waals surface area contributed by atoms with Crippen LogP contribution in [-0.2, 0) is 16.0 Å². The van der Waals surface area contributed by atoms with Gasteiger partial charge in [0, 0.05) is 16.8 Å². The van der Waals surface area contributed by atoms with Crippen LogP contribution < -0.4 is 15.4 Å². The van der Waals surface area contributed by atoms with E-state index in [0.29, 0.717) is 22.9 Å². The highest BCUT2D eigenvalue weighted by atomic mass is 35.5. The van der Waals surface area contributed by atoms with Crippen LogP contribution in [0.15, 0.2) is 42.5 Å². The fourth-order valence-corrected chi connectivity index (χ4v) is 2.57. The van der Waals surface area contributed by atoms with Crippen LogP contribution in [0.25, 0.3) is 0 Å². The number of nitrogens with one attached hydrogen (secondary N) is 2. The quantitative estimate of drug-likeness (QED) is 0.749. The largest absolute Gasteiger partial charge is 0.481 e. The number of carbonyl (C=O) groups excluding carboxylic acids is 2. The summed E-state index contributed by atoms with van der Waals surface area (Å²) in [5.74, 6) is 0.307. The molecule has 6 heteroatoms. The summed E-state index contributed by atoms with van der Waals surface area (Å²) in [6.45, 7) is 7.41. The SMILES string of the molecule is Cc1cc(OC(C)C(=O)Nc2ccc(CC(=O)NC(C)C)cc2)ccc1Cl. The molecule has 0 saturated heterocycles. The summed E-state index contributed by atoms with van der Waals surface area (Å²) < 4.78 is 5.67. The van der Waals surface area contributed by atoms with Gasteiger partial charge in [0.2, 0.25) is 5.91 Å². The summed E-state index contributed by atoms with van der Waals surface area (Å²) in [5.41, 5.74) is 2.42. The molecule has 0 saturated carbocycles. The molecule has 2 rings (SSSR count). The second-order valence-electron chi connectivity index (χ2n) is 6.76. The Labute approximate surface area is 165 Å². The zero-order valence-corrected chi connectivity index (χ0v) is 16.8. The highest BCUT2D eigenvalue weighted by Crippen LogP contribution is 2.22. The van der Waals surface area contributed by atoms with Crippen molar-refractivity contribution in [3.63, 3.8) is 0 Å². The van der Waals surface area contributed by atoms with Crippen molar-refractivity contribution < 1.29 is 14.3 Å². The Kier molecular flexibility index (Phi) is 7.25. The maximum atomic E-state index is 12.3. The molecule has 0 aromatic heterocycles. The van der Waals surface area contributed by atoms with E-state index in [0.717, 1.165) is 11.1 Å². The summed E-state index contributed by atoms with van der Waals surface area (Å²) in [5, 5.41) is 6.31. The maximum absolute atomic E-state index is 12.3. The van der Waals surface area contributed by atoms with Gasteiger partial charge in [-0.3, -0.25) is 9.59 Å². The molecule has 0 bridgehead atoms. The Hall–Kier alpha value is -2.53. The van der Waals surface area contributed by atoms with Crippen LogP contribution in [0, 0.1) is 6.92 Å². The number of rotatable bonds is 7. The number of benzene rings is 2. The molecule has 5 nitrogen and oxygen atoms in total. The highest BCUT2D eigenvalue weighted by Gasteiger charge is 2.15. The maximum Gasteiger partial charge on any atom is 0.265 e. The summed E-state index contributed by atoms with van der Waals surface area (Å²) >= 11 is 6.00. The Morgan fingerprint density at radius 3 is 2.33 bits per heavy atom. The number of carbonyl (C=O) groups is 2. The average Bonchev–Trinajstić information content (AvgIpc) is 2.59. The van der Waals surface area contributed by atoms with E-state index in [-0.39, 0.29) is 17.9 Å². The summed E-state index contributed by atoms with van der Waals surface area (Å²) in [6.07, 6.45) is -0.357. The molecular formula is C21H25ClN2O3. The minimum Gasteiger partial charge on any atom is -0.481 e. The van der Waals surface area contributed by atoms with Crippen LogP contribution in [0.4, 0.5) is 5.69 Å². The van der Waals surface area contributed by atoms with Gasteiger partial charge in [-0.1, -0.05) is 23.7 Å². The van der Waals surface area contributed by atoms with E-state index in [9.17, 15) is 9.59 Å². The van der Waals surface area contributed by atoms with E-state index < -0.39 is 6.10 Å². The van der Waals surface area contributed by atoms with E-state index in [4.69, 9.17) is 16.3 Å². The number of halogens is 1. The first-order chi connectivity index (χ1) is 12.7. The first-order valence-corrected chi connectivity index (χ1v) is 9.24. The molecule has 2 amide bonds. The minimum absolute atomic E-state index is 0.0259. The molecule has 0 fully saturated rings. The fraction of sp³-hybridized carbons (Fsp3) is 0.333. The van der Waals surface area contributed by atoms with Gasteiger partial charge in [-0.25, -0.2) is 0 Å². The molecule has 2 N–H and O–H groups in total. The number of hydrogen-bond donors (Lipinski definition) is 2. The van der Waals surface area contributed by atoms with Crippen molar-refractivity contribution in [2.45, 2.75) is 46.3 Å². The number of anilines is 1. The van der Waals surface area contributed by atoms with Crippen LogP contribution in [-0.4, -0.2) is 24.0 Å². The highest BCUT2D eigenvalue weighted by molar-refractivity contribution is 6.31. The van der Waals surface area contributed by atoms with Gasteiger partial charge in [-0.15, -0.1) is 0 Å². The van der Waals surface area contributed by atoms with Gasteiger partial charge >= 0.3 is 0 Å². The number of ether oxygens (including phenoxy) is 1. The minimum atomic E-state index is -0.665. The molecule has 27 heavy (non-hydrogen) atoms. The van der Waals surface area contributed by atoms with Gasteiger partial charge < -0.3 is 15.4 Å². The summed E-state index contributed by atoms with van der Waals surface area (Å²) in [6, 6.07) is 12.6. The molecule has 0 aliphatic carbocycles. The lowest BCUT2D eigenvalue weighted by molar-refractivity contribution is -0.122. The number of aryl methyl sites for hydroxylation is 1. The smallest absolute Gasteiger partial charge is 0.265 e. The van der Waals surface area contributed by atoms with Gasteiger partial charge in [0.25, 0.3) is 5.91 Å².